The van der Waals surface area contributed by atoms with Gasteiger partial charge in [-0.2, -0.15) is 26.7 Å². The Balaban J connectivity index is 2.61. The lowest BCUT2D eigenvalue weighted by atomic mass is 10.3. The molecule has 0 bridgehead atoms. The van der Waals surface area contributed by atoms with Crippen molar-refractivity contribution in [2.45, 2.75) is 19.4 Å². The summed E-state index contributed by atoms with van der Waals surface area (Å²) in [5.74, 6) is 2.09. The number of anilines is 2. The number of aromatic nitrogens is 3. The molecular weight excluding hydrogens is 246 g/mol. The Morgan fingerprint density at radius 3 is 2.62 bits per heavy atom. The van der Waals surface area contributed by atoms with Gasteiger partial charge in [-0.3, -0.25) is 0 Å². The first kappa shape index (κ1) is 13.3. The zero-order valence-electron chi connectivity index (χ0n) is 9.62. The van der Waals surface area contributed by atoms with Gasteiger partial charge in [0.1, 0.15) is 0 Å². The molecule has 0 saturated carbocycles. The average molecular weight is 262 g/mol. The second-order valence-corrected chi connectivity index (χ2v) is 4.65. The normalized spacial score (nSPS) is 12.2. The third-order valence-corrected chi connectivity index (χ3v) is 2.78. The van der Waals surface area contributed by atoms with E-state index in [2.05, 4.69) is 38.8 Å². The summed E-state index contributed by atoms with van der Waals surface area (Å²) in [6, 6.07) is 0.315. The van der Waals surface area contributed by atoms with Gasteiger partial charge in [-0.15, -0.1) is 0 Å². The highest BCUT2D eigenvalue weighted by atomic mass is 35.5. The highest BCUT2D eigenvalue weighted by Crippen LogP contribution is 2.11. The zero-order chi connectivity index (χ0) is 12.0. The second kappa shape index (κ2) is 6.75. The first-order chi connectivity index (χ1) is 7.65. The largest absolute Gasteiger partial charge is 0.357 e. The van der Waals surface area contributed by atoms with E-state index < -0.39 is 0 Å². The maximum absolute atomic E-state index is 5.77. The van der Waals surface area contributed by atoms with Crippen molar-refractivity contribution in [3.05, 3.63) is 5.28 Å². The van der Waals surface area contributed by atoms with Crippen molar-refractivity contribution in [1.29, 1.82) is 0 Å². The molecule has 1 aromatic rings. The molecule has 1 aromatic heterocycles. The molecule has 1 atom stereocenters. The number of hydrogen-bond donors (Lipinski definition) is 2. The molecule has 0 aliphatic heterocycles. The molecule has 7 heteroatoms. The molecule has 2 N–H and O–H groups in total. The van der Waals surface area contributed by atoms with Gasteiger partial charge in [-0.25, -0.2) is 0 Å². The van der Waals surface area contributed by atoms with Gasteiger partial charge >= 0.3 is 0 Å². The monoisotopic (exact) mass is 261 g/mol. The summed E-state index contributed by atoms with van der Waals surface area (Å²) in [5, 5.41) is 6.22. The molecule has 90 valence electrons. The fourth-order valence-corrected chi connectivity index (χ4v) is 1.86. The van der Waals surface area contributed by atoms with E-state index in [-0.39, 0.29) is 5.28 Å². The van der Waals surface area contributed by atoms with E-state index in [1.54, 1.807) is 7.05 Å². The van der Waals surface area contributed by atoms with E-state index in [0.717, 1.165) is 12.2 Å². The summed E-state index contributed by atoms with van der Waals surface area (Å²) in [6.07, 6.45) is 3.14. The van der Waals surface area contributed by atoms with Crippen LogP contribution in [0.15, 0.2) is 0 Å². The Kier molecular flexibility index (Phi) is 5.62. The summed E-state index contributed by atoms with van der Waals surface area (Å²) in [4.78, 5) is 12.1. The van der Waals surface area contributed by atoms with E-state index in [0.29, 0.717) is 17.9 Å². The van der Waals surface area contributed by atoms with E-state index >= 15 is 0 Å². The molecule has 0 aromatic carbocycles. The summed E-state index contributed by atoms with van der Waals surface area (Å²) in [6.45, 7) is 2.09. The maximum atomic E-state index is 5.77. The molecule has 0 aliphatic carbocycles. The Hall–Kier alpha value is -0.750. The van der Waals surface area contributed by atoms with Crippen LogP contribution in [0.2, 0.25) is 5.28 Å². The first-order valence-corrected chi connectivity index (χ1v) is 6.77. The third-order valence-electron chi connectivity index (χ3n) is 1.96. The highest BCUT2D eigenvalue weighted by Gasteiger charge is 2.07. The van der Waals surface area contributed by atoms with Gasteiger partial charge in [0.2, 0.25) is 17.2 Å². The molecule has 1 rings (SSSR count). The van der Waals surface area contributed by atoms with Crippen LogP contribution in [0.3, 0.4) is 0 Å². The Morgan fingerprint density at radius 1 is 1.31 bits per heavy atom. The Labute approximate surface area is 105 Å². The smallest absolute Gasteiger partial charge is 0.229 e. The van der Waals surface area contributed by atoms with Crippen LogP contribution < -0.4 is 10.6 Å². The number of hydrogen-bond acceptors (Lipinski definition) is 6. The van der Waals surface area contributed by atoms with Gasteiger partial charge in [0.15, 0.2) is 0 Å². The van der Waals surface area contributed by atoms with Crippen molar-refractivity contribution in [1.82, 2.24) is 15.0 Å². The van der Waals surface area contributed by atoms with Gasteiger partial charge in [0.05, 0.1) is 0 Å². The molecule has 0 saturated heterocycles. The number of nitrogens with zero attached hydrogens (tertiary/aromatic N) is 3. The molecule has 1 unspecified atom stereocenters. The van der Waals surface area contributed by atoms with Gasteiger partial charge in [-0.1, -0.05) is 0 Å². The molecule has 5 nitrogen and oxygen atoms in total. The summed E-state index contributed by atoms with van der Waals surface area (Å²) < 4.78 is 0. The van der Waals surface area contributed by atoms with E-state index in [1.807, 2.05) is 11.8 Å². The van der Waals surface area contributed by atoms with Crippen molar-refractivity contribution in [2.75, 3.05) is 29.7 Å². The quantitative estimate of drug-likeness (QED) is 0.818. The second-order valence-electron chi connectivity index (χ2n) is 3.33. The fourth-order valence-electron chi connectivity index (χ4n) is 1.11. The summed E-state index contributed by atoms with van der Waals surface area (Å²) in [7, 11) is 1.74. The first-order valence-electron chi connectivity index (χ1n) is 5.00. The molecule has 0 fully saturated rings. The lowest BCUT2D eigenvalue weighted by Crippen LogP contribution is -2.18. The summed E-state index contributed by atoms with van der Waals surface area (Å²) >= 11 is 7.59. The molecule has 0 aliphatic rings. The van der Waals surface area contributed by atoms with Crippen LogP contribution in [0.25, 0.3) is 0 Å². The number of nitrogens with one attached hydrogen (secondary N) is 2. The minimum atomic E-state index is 0.193. The van der Waals surface area contributed by atoms with Gasteiger partial charge in [0, 0.05) is 13.1 Å². The number of rotatable bonds is 6. The lowest BCUT2D eigenvalue weighted by molar-refractivity contribution is 0.758. The van der Waals surface area contributed by atoms with Gasteiger partial charge in [0.25, 0.3) is 0 Å². The predicted octanol–water partition coefficient (Wildman–Crippen LogP) is 2.12. The Bertz CT molecular complexity index is 336. The molecule has 0 radical (unpaired) electrons. The minimum absolute atomic E-state index is 0.193. The van der Waals surface area contributed by atoms with Crippen molar-refractivity contribution in [3.63, 3.8) is 0 Å². The van der Waals surface area contributed by atoms with Crippen LogP contribution in [-0.2, 0) is 0 Å². The third kappa shape index (κ3) is 4.40. The van der Waals surface area contributed by atoms with Crippen LogP contribution in [0, 0.1) is 0 Å². The minimum Gasteiger partial charge on any atom is -0.357 e. The zero-order valence-corrected chi connectivity index (χ0v) is 11.2. The predicted molar refractivity (Wildman–Crippen MR) is 70.5 cm³/mol. The van der Waals surface area contributed by atoms with Crippen LogP contribution in [-0.4, -0.2) is 40.1 Å². The fraction of sp³-hybridized carbons (Fsp3) is 0.667. The van der Waals surface area contributed by atoms with Crippen LogP contribution in [0.1, 0.15) is 13.3 Å². The Morgan fingerprint density at radius 2 is 2.00 bits per heavy atom. The average Bonchev–Trinajstić information content (AvgIpc) is 2.25. The van der Waals surface area contributed by atoms with Crippen molar-refractivity contribution >= 4 is 35.3 Å². The topological polar surface area (TPSA) is 62.7 Å². The van der Waals surface area contributed by atoms with Gasteiger partial charge < -0.3 is 10.6 Å². The number of thioether (sulfide) groups is 1. The van der Waals surface area contributed by atoms with Crippen LogP contribution in [0.4, 0.5) is 11.9 Å². The van der Waals surface area contributed by atoms with Crippen LogP contribution in [0.5, 0.6) is 0 Å². The maximum Gasteiger partial charge on any atom is 0.229 e. The van der Waals surface area contributed by atoms with Crippen LogP contribution >= 0.6 is 23.4 Å². The standard InChI is InChI=1S/C9H16ClN5S/c1-6(4-5-16-3)12-9-14-7(10)13-8(11-2)15-9/h6H,4-5H2,1-3H3,(H2,11,12,13,14,15). The van der Waals surface area contributed by atoms with Gasteiger partial charge in [-0.05, 0) is 37.0 Å². The highest BCUT2D eigenvalue weighted by molar-refractivity contribution is 7.98. The number of halogens is 1. The van der Waals surface area contributed by atoms with E-state index in [4.69, 9.17) is 11.6 Å². The molecule has 16 heavy (non-hydrogen) atoms. The van der Waals surface area contributed by atoms with Crippen molar-refractivity contribution in [2.24, 2.45) is 0 Å². The molecule has 0 spiro atoms. The molecular formula is C9H16ClN5S. The SMILES string of the molecule is CNc1nc(Cl)nc(NC(C)CCSC)n1. The van der Waals surface area contributed by atoms with E-state index in [1.165, 1.54) is 0 Å². The van der Waals surface area contributed by atoms with E-state index in [9.17, 15) is 0 Å². The summed E-state index contributed by atoms with van der Waals surface area (Å²) in [5.41, 5.74) is 0. The van der Waals surface area contributed by atoms with Crippen molar-refractivity contribution in [3.8, 4) is 0 Å². The molecule has 1 heterocycles. The molecule has 0 amide bonds. The lowest BCUT2D eigenvalue weighted by Gasteiger charge is -2.13. The van der Waals surface area contributed by atoms with Crippen molar-refractivity contribution < 1.29 is 0 Å².